The van der Waals surface area contributed by atoms with Crippen molar-refractivity contribution in [1.29, 1.82) is 0 Å². The van der Waals surface area contributed by atoms with Gasteiger partial charge in [-0.3, -0.25) is 4.79 Å². The molecule has 2 aliphatic rings. The molecule has 0 atom stereocenters. The van der Waals surface area contributed by atoms with E-state index >= 15 is 0 Å². The molecular formula is C21H21Cl2FN2O3S. The van der Waals surface area contributed by atoms with Gasteiger partial charge in [0.2, 0.25) is 10.0 Å². The second-order valence-corrected chi connectivity index (χ2v) is 10.4. The number of rotatable bonds is 6. The van der Waals surface area contributed by atoms with Gasteiger partial charge in [-0.05, 0) is 56.0 Å². The number of hydrogen-bond donors (Lipinski definition) is 0. The van der Waals surface area contributed by atoms with Crippen LogP contribution < -0.4 is 0 Å². The van der Waals surface area contributed by atoms with Crippen molar-refractivity contribution in [3.05, 3.63) is 63.4 Å². The average Bonchev–Trinajstić information content (AvgIpc) is 3.38. The first kappa shape index (κ1) is 21.6. The van der Waals surface area contributed by atoms with Crippen molar-refractivity contribution in [2.75, 3.05) is 13.1 Å². The molecule has 0 bridgehead atoms. The summed E-state index contributed by atoms with van der Waals surface area (Å²) in [5, 5.41) is 0.399. The molecule has 1 heterocycles. The normalized spacial score (nSPS) is 17.3. The van der Waals surface area contributed by atoms with Crippen molar-refractivity contribution < 1.29 is 17.6 Å². The van der Waals surface area contributed by atoms with E-state index in [2.05, 4.69) is 0 Å². The molecule has 1 saturated heterocycles. The van der Waals surface area contributed by atoms with Gasteiger partial charge in [-0.15, -0.1) is 0 Å². The molecule has 2 fully saturated rings. The Labute approximate surface area is 185 Å². The van der Waals surface area contributed by atoms with E-state index in [9.17, 15) is 17.6 Å². The van der Waals surface area contributed by atoms with E-state index < -0.39 is 21.7 Å². The first-order valence-corrected chi connectivity index (χ1v) is 12.0. The topological polar surface area (TPSA) is 57.7 Å². The number of hydrogen-bond acceptors (Lipinski definition) is 3. The number of sulfonamides is 1. The Morgan fingerprint density at radius 3 is 2.43 bits per heavy atom. The molecule has 1 aliphatic carbocycles. The highest BCUT2D eigenvalue weighted by Crippen LogP contribution is 2.34. The van der Waals surface area contributed by atoms with E-state index in [-0.39, 0.29) is 38.7 Å². The lowest BCUT2D eigenvalue weighted by Crippen LogP contribution is -2.33. The van der Waals surface area contributed by atoms with Crippen LogP contribution in [0.25, 0.3) is 0 Å². The molecule has 2 aromatic carbocycles. The van der Waals surface area contributed by atoms with Crippen molar-refractivity contribution in [2.45, 2.75) is 43.2 Å². The fraction of sp³-hybridized carbons (Fsp3) is 0.381. The second kappa shape index (κ2) is 8.46. The van der Waals surface area contributed by atoms with E-state index in [1.54, 1.807) is 6.07 Å². The molecule has 5 nitrogen and oxygen atoms in total. The molecule has 0 unspecified atom stereocenters. The van der Waals surface area contributed by atoms with Crippen LogP contribution >= 0.6 is 23.2 Å². The molecule has 0 N–H and O–H groups in total. The van der Waals surface area contributed by atoms with Crippen LogP contribution in [0.1, 0.15) is 41.6 Å². The molecule has 0 spiro atoms. The Hall–Kier alpha value is -1.67. The van der Waals surface area contributed by atoms with Crippen molar-refractivity contribution in [3.63, 3.8) is 0 Å². The summed E-state index contributed by atoms with van der Waals surface area (Å²) in [4.78, 5) is 14.9. The van der Waals surface area contributed by atoms with Gasteiger partial charge in [-0.25, -0.2) is 12.8 Å². The molecule has 0 aromatic heterocycles. The van der Waals surface area contributed by atoms with Crippen LogP contribution in [0.3, 0.4) is 0 Å². The fourth-order valence-electron chi connectivity index (χ4n) is 3.67. The summed E-state index contributed by atoms with van der Waals surface area (Å²) in [5.74, 6) is -0.919. The van der Waals surface area contributed by atoms with Crippen LogP contribution in [0.4, 0.5) is 4.39 Å². The highest BCUT2D eigenvalue weighted by molar-refractivity contribution is 7.89. The van der Waals surface area contributed by atoms with Crippen molar-refractivity contribution in [2.24, 2.45) is 0 Å². The summed E-state index contributed by atoms with van der Waals surface area (Å²) in [6, 6.07) is 8.51. The third-order valence-electron chi connectivity index (χ3n) is 5.51. The summed E-state index contributed by atoms with van der Waals surface area (Å²) in [6.07, 6.45) is 3.22. The Morgan fingerprint density at radius 2 is 1.80 bits per heavy atom. The van der Waals surface area contributed by atoms with Crippen molar-refractivity contribution in [3.8, 4) is 0 Å². The summed E-state index contributed by atoms with van der Waals surface area (Å²) < 4.78 is 41.5. The minimum atomic E-state index is -3.69. The molecular weight excluding hydrogens is 450 g/mol. The molecule has 1 saturated carbocycles. The van der Waals surface area contributed by atoms with Gasteiger partial charge in [0.05, 0.1) is 22.0 Å². The third-order valence-corrected chi connectivity index (χ3v) is 8.09. The summed E-state index contributed by atoms with van der Waals surface area (Å²) >= 11 is 12.4. The number of benzene rings is 2. The van der Waals surface area contributed by atoms with Gasteiger partial charge in [0.25, 0.3) is 5.91 Å². The quantitative estimate of drug-likeness (QED) is 0.613. The monoisotopic (exact) mass is 470 g/mol. The van der Waals surface area contributed by atoms with Gasteiger partial charge in [-0.1, -0.05) is 29.3 Å². The molecule has 1 amide bonds. The van der Waals surface area contributed by atoms with E-state index in [0.29, 0.717) is 13.1 Å². The van der Waals surface area contributed by atoms with Gasteiger partial charge >= 0.3 is 0 Å². The summed E-state index contributed by atoms with van der Waals surface area (Å²) in [6.45, 7) is 0.927. The lowest BCUT2D eigenvalue weighted by atomic mass is 10.1. The predicted octanol–water partition coefficient (Wildman–Crippen LogP) is 4.72. The molecule has 0 radical (unpaired) electrons. The highest BCUT2D eigenvalue weighted by Gasteiger charge is 2.36. The van der Waals surface area contributed by atoms with Crippen LogP contribution in [-0.4, -0.2) is 42.7 Å². The van der Waals surface area contributed by atoms with Crippen molar-refractivity contribution >= 4 is 39.1 Å². The predicted molar refractivity (Wildman–Crippen MR) is 114 cm³/mol. The zero-order valence-corrected chi connectivity index (χ0v) is 18.5. The van der Waals surface area contributed by atoms with Gasteiger partial charge in [0.15, 0.2) is 0 Å². The minimum absolute atomic E-state index is 0.00552. The van der Waals surface area contributed by atoms with Gasteiger partial charge in [-0.2, -0.15) is 4.31 Å². The van der Waals surface area contributed by atoms with Crippen LogP contribution in [0.15, 0.2) is 41.3 Å². The Morgan fingerprint density at radius 1 is 1.10 bits per heavy atom. The van der Waals surface area contributed by atoms with E-state index in [0.717, 1.165) is 25.7 Å². The number of amides is 1. The van der Waals surface area contributed by atoms with Gasteiger partial charge < -0.3 is 4.90 Å². The fourth-order valence-corrected chi connectivity index (χ4v) is 5.63. The number of carbonyl (C=O) groups is 1. The van der Waals surface area contributed by atoms with Crippen molar-refractivity contribution in [1.82, 2.24) is 9.21 Å². The SMILES string of the molecule is O=C(c1cc(S(=O)(=O)N2CCCC2)ccc1Cl)N(Cc1c(F)cccc1Cl)C1CC1. The molecule has 9 heteroatoms. The maximum Gasteiger partial charge on any atom is 0.255 e. The largest absolute Gasteiger partial charge is 0.331 e. The second-order valence-electron chi connectivity index (χ2n) is 7.62. The van der Waals surface area contributed by atoms with E-state index in [4.69, 9.17) is 23.2 Å². The highest BCUT2D eigenvalue weighted by atomic mass is 35.5. The molecule has 2 aromatic rings. The van der Waals surface area contributed by atoms with Gasteiger partial charge in [0, 0.05) is 29.7 Å². The summed E-state index contributed by atoms with van der Waals surface area (Å²) in [7, 11) is -3.69. The Kier molecular flexibility index (Phi) is 6.08. The van der Waals surface area contributed by atoms with Gasteiger partial charge in [0.1, 0.15) is 5.82 Å². The average molecular weight is 471 g/mol. The number of nitrogens with zero attached hydrogens (tertiary/aromatic N) is 2. The number of carbonyl (C=O) groups excluding carboxylic acids is 1. The van der Waals surface area contributed by atoms with Crippen LogP contribution in [0.2, 0.25) is 10.0 Å². The Bertz CT molecular complexity index is 1060. The van der Waals surface area contributed by atoms with Crippen LogP contribution in [-0.2, 0) is 16.6 Å². The first-order chi connectivity index (χ1) is 14.3. The molecule has 1 aliphatic heterocycles. The van der Waals surface area contributed by atoms with E-state index in [1.165, 1.54) is 39.5 Å². The Balaban J connectivity index is 1.67. The lowest BCUT2D eigenvalue weighted by Gasteiger charge is -2.24. The van der Waals surface area contributed by atoms with Crippen LogP contribution in [0, 0.1) is 5.82 Å². The zero-order chi connectivity index (χ0) is 21.5. The molecule has 30 heavy (non-hydrogen) atoms. The minimum Gasteiger partial charge on any atom is -0.331 e. The zero-order valence-electron chi connectivity index (χ0n) is 16.2. The molecule has 160 valence electrons. The maximum absolute atomic E-state index is 14.3. The number of halogens is 3. The smallest absolute Gasteiger partial charge is 0.255 e. The lowest BCUT2D eigenvalue weighted by molar-refractivity contribution is 0.0728. The first-order valence-electron chi connectivity index (χ1n) is 9.82. The molecule has 4 rings (SSSR count). The van der Waals surface area contributed by atoms with Crippen LogP contribution in [0.5, 0.6) is 0 Å². The van der Waals surface area contributed by atoms with E-state index in [1.807, 2.05) is 0 Å². The summed E-state index contributed by atoms with van der Waals surface area (Å²) in [5.41, 5.74) is 0.327. The maximum atomic E-state index is 14.3. The third kappa shape index (κ3) is 4.21. The standard InChI is InChI=1S/C21H21Cl2FN2O3S/c22-18-4-3-5-20(24)17(18)13-26(14-6-7-14)21(27)16-12-15(8-9-19(16)23)30(28,29)25-10-1-2-11-25/h3-5,8-9,12,14H,1-2,6-7,10-11,13H2.